The van der Waals surface area contributed by atoms with E-state index >= 15 is 0 Å². The van der Waals surface area contributed by atoms with E-state index in [4.69, 9.17) is 4.42 Å². The molecule has 11 rings (SSSR count). The zero-order chi connectivity index (χ0) is 33.5. The molecule has 0 radical (unpaired) electrons. The molecule has 0 aliphatic heterocycles. The van der Waals surface area contributed by atoms with Crippen molar-refractivity contribution in [3.8, 4) is 39.1 Å². The molecule has 0 spiro atoms. The van der Waals surface area contributed by atoms with Gasteiger partial charge in [0.05, 0.1) is 11.0 Å². The van der Waals surface area contributed by atoms with Crippen LogP contribution in [0.4, 0.5) is 0 Å². The molecule has 3 aromatic heterocycles. The van der Waals surface area contributed by atoms with E-state index in [9.17, 15) is 0 Å². The Hall–Kier alpha value is -6.42. The molecule has 8 aromatic carbocycles. The second-order valence-corrected chi connectivity index (χ2v) is 14.3. The van der Waals surface area contributed by atoms with Crippen LogP contribution in [0.15, 0.2) is 180 Å². The number of para-hydroxylation sites is 2. The summed E-state index contributed by atoms with van der Waals surface area (Å²) in [7, 11) is 0. The Morgan fingerprint density at radius 1 is 0.392 bits per heavy atom. The summed E-state index contributed by atoms with van der Waals surface area (Å²) in [6.07, 6.45) is 0. The van der Waals surface area contributed by atoms with Crippen molar-refractivity contribution in [2.24, 2.45) is 0 Å². The number of nitrogens with zero attached hydrogens (tertiary/aromatic N) is 1. The molecule has 0 amide bonds. The number of thiophene rings is 1. The van der Waals surface area contributed by atoms with Crippen molar-refractivity contribution in [2.45, 2.75) is 0 Å². The number of benzene rings is 8. The summed E-state index contributed by atoms with van der Waals surface area (Å²) >= 11 is 1.87. The molecule has 2 nitrogen and oxygen atoms in total. The van der Waals surface area contributed by atoms with Gasteiger partial charge >= 0.3 is 0 Å². The number of furan rings is 1. The minimum Gasteiger partial charge on any atom is -0.456 e. The van der Waals surface area contributed by atoms with E-state index < -0.39 is 0 Å². The van der Waals surface area contributed by atoms with E-state index in [0.29, 0.717) is 0 Å². The fourth-order valence-electron chi connectivity index (χ4n) is 8.19. The summed E-state index contributed by atoms with van der Waals surface area (Å²) in [5, 5.41) is 7.38. The Morgan fingerprint density at radius 2 is 1.10 bits per heavy atom. The predicted molar refractivity (Wildman–Crippen MR) is 217 cm³/mol. The van der Waals surface area contributed by atoms with Crippen molar-refractivity contribution in [2.75, 3.05) is 0 Å². The van der Waals surface area contributed by atoms with Crippen molar-refractivity contribution in [1.29, 1.82) is 0 Å². The Balaban J connectivity index is 1.16. The molecular formula is C48H29NOS. The minimum absolute atomic E-state index is 0.915. The lowest BCUT2D eigenvalue weighted by Crippen LogP contribution is -1.93. The second kappa shape index (κ2) is 11.0. The standard InChI is InChI=1S/C48H29NOS/c1-3-12-30(13-4-1)35-24-27-45-48(46(35)31-14-5-2-6-15-31)39-29-33(23-26-44(39)51-45)49-40-19-9-7-16-36(40)38-28-32(22-25-41(38)49)34-18-11-21-43-47(34)37-17-8-10-20-42(37)50-43/h1-29H. The van der Waals surface area contributed by atoms with E-state index in [1.165, 1.54) is 75.4 Å². The van der Waals surface area contributed by atoms with Gasteiger partial charge in [0, 0.05) is 47.4 Å². The van der Waals surface area contributed by atoms with Crippen LogP contribution in [0.2, 0.25) is 0 Å². The van der Waals surface area contributed by atoms with E-state index in [-0.39, 0.29) is 0 Å². The molecule has 0 aliphatic carbocycles. The first-order chi connectivity index (χ1) is 25.3. The van der Waals surface area contributed by atoms with Crippen LogP contribution in [0.25, 0.3) is 103 Å². The Morgan fingerprint density at radius 3 is 1.96 bits per heavy atom. The SMILES string of the molecule is c1ccc(-c2ccc3sc4ccc(-n5c6ccccc6c6cc(-c7cccc8oc9ccccc9c78)ccc65)cc4c3c2-c2ccccc2)cc1. The molecule has 0 atom stereocenters. The quantitative estimate of drug-likeness (QED) is 0.183. The van der Waals surface area contributed by atoms with Crippen LogP contribution < -0.4 is 0 Å². The van der Waals surface area contributed by atoms with Crippen LogP contribution in [0, 0.1) is 0 Å². The highest BCUT2D eigenvalue weighted by atomic mass is 32.1. The van der Waals surface area contributed by atoms with E-state index in [2.05, 4.69) is 174 Å². The van der Waals surface area contributed by atoms with Gasteiger partial charge in [-0.25, -0.2) is 0 Å². The largest absolute Gasteiger partial charge is 0.456 e. The van der Waals surface area contributed by atoms with Crippen LogP contribution in [-0.2, 0) is 0 Å². The highest BCUT2D eigenvalue weighted by Crippen LogP contribution is 2.46. The molecule has 0 aliphatic rings. The highest BCUT2D eigenvalue weighted by molar-refractivity contribution is 7.26. The second-order valence-electron chi connectivity index (χ2n) is 13.2. The molecule has 0 unspecified atom stereocenters. The van der Waals surface area contributed by atoms with Gasteiger partial charge in [0.2, 0.25) is 0 Å². The maximum absolute atomic E-state index is 6.26. The van der Waals surface area contributed by atoms with Gasteiger partial charge in [-0.3, -0.25) is 0 Å². The monoisotopic (exact) mass is 667 g/mol. The van der Waals surface area contributed by atoms with E-state index in [0.717, 1.165) is 27.6 Å². The van der Waals surface area contributed by atoms with Gasteiger partial charge in [-0.15, -0.1) is 11.3 Å². The molecule has 0 fully saturated rings. The van der Waals surface area contributed by atoms with Crippen molar-refractivity contribution >= 4 is 75.3 Å². The van der Waals surface area contributed by atoms with Gasteiger partial charge in [-0.05, 0) is 88.0 Å². The molecule has 238 valence electrons. The number of rotatable bonds is 4. The maximum Gasteiger partial charge on any atom is 0.136 e. The molecule has 11 aromatic rings. The number of hydrogen-bond acceptors (Lipinski definition) is 2. The summed E-state index contributed by atoms with van der Waals surface area (Å²) in [6.45, 7) is 0. The highest BCUT2D eigenvalue weighted by Gasteiger charge is 2.20. The third-order valence-electron chi connectivity index (χ3n) is 10.4. The smallest absolute Gasteiger partial charge is 0.136 e. The molecule has 3 heteroatoms. The van der Waals surface area contributed by atoms with Crippen molar-refractivity contribution in [3.63, 3.8) is 0 Å². The molecule has 0 N–H and O–H groups in total. The molecule has 51 heavy (non-hydrogen) atoms. The summed E-state index contributed by atoms with van der Waals surface area (Å²) < 4.78 is 11.3. The van der Waals surface area contributed by atoms with Gasteiger partial charge in [0.25, 0.3) is 0 Å². The first-order valence-electron chi connectivity index (χ1n) is 17.3. The van der Waals surface area contributed by atoms with Gasteiger partial charge in [0.15, 0.2) is 0 Å². The first kappa shape index (κ1) is 28.4. The lowest BCUT2D eigenvalue weighted by atomic mass is 9.90. The molecule has 3 heterocycles. The fraction of sp³-hybridized carbons (Fsp3) is 0. The van der Waals surface area contributed by atoms with Crippen molar-refractivity contribution in [1.82, 2.24) is 4.57 Å². The third kappa shape index (κ3) is 4.29. The van der Waals surface area contributed by atoms with Crippen LogP contribution in [0.5, 0.6) is 0 Å². The number of hydrogen-bond donors (Lipinski definition) is 0. The van der Waals surface area contributed by atoms with Gasteiger partial charge < -0.3 is 8.98 Å². The molecule has 0 bridgehead atoms. The fourth-order valence-corrected chi connectivity index (χ4v) is 9.29. The maximum atomic E-state index is 6.26. The average Bonchev–Trinajstić information content (AvgIpc) is 3.87. The zero-order valence-electron chi connectivity index (χ0n) is 27.5. The van der Waals surface area contributed by atoms with Crippen molar-refractivity contribution in [3.05, 3.63) is 176 Å². The van der Waals surface area contributed by atoms with Crippen LogP contribution in [-0.4, -0.2) is 4.57 Å². The third-order valence-corrected chi connectivity index (χ3v) is 11.5. The lowest BCUT2D eigenvalue weighted by molar-refractivity contribution is 0.669. The average molecular weight is 668 g/mol. The summed E-state index contributed by atoms with van der Waals surface area (Å²) in [5.41, 5.74) is 12.8. The number of aromatic nitrogens is 1. The van der Waals surface area contributed by atoms with Crippen LogP contribution in [0.3, 0.4) is 0 Å². The topological polar surface area (TPSA) is 18.1 Å². The lowest BCUT2D eigenvalue weighted by Gasteiger charge is -2.13. The Bertz CT molecular complexity index is 3130. The number of fused-ring (bicyclic) bond motifs is 9. The van der Waals surface area contributed by atoms with Crippen LogP contribution in [0.1, 0.15) is 0 Å². The molecule has 0 saturated carbocycles. The summed E-state index contributed by atoms with van der Waals surface area (Å²) in [6, 6.07) is 63.7. The minimum atomic E-state index is 0.915. The van der Waals surface area contributed by atoms with Gasteiger partial charge in [-0.2, -0.15) is 0 Å². The predicted octanol–water partition coefficient (Wildman–Crippen LogP) is 14.1. The zero-order valence-corrected chi connectivity index (χ0v) is 28.3. The molecular weight excluding hydrogens is 639 g/mol. The Labute approximate surface area is 298 Å². The Kier molecular flexibility index (Phi) is 6.16. The summed E-state index contributed by atoms with van der Waals surface area (Å²) in [4.78, 5) is 0. The van der Waals surface area contributed by atoms with Gasteiger partial charge in [-0.1, -0.05) is 121 Å². The summed E-state index contributed by atoms with van der Waals surface area (Å²) in [5.74, 6) is 0. The van der Waals surface area contributed by atoms with Crippen molar-refractivity contribution < 1.29 is 4.42 Å². The van der Waals surface area contributed by atoms with Crippen LogP contribution >= 0.6 is 11.3 Å². The van der Waals surface area contributed by atoms with E-state index in [1.54, 1.807) is 0 Å². The first-order valence-corrected chi connectivity index (χ1v) is 18.2. The van der Waals surface area contributed by atoms with E-state index in [1.807, 2.05) is 17.4 Å². The molecule has 0 saturated heterocycles. The normalized spacial score (nSPS) is 11.9. The van der Waals surface area contributed by atoms with Gasteiger partial charge in [0.1, 0.15) is 11.2 Å².